The van der Waals surface area contributed by atoms with Crippen molar-refractivity contribution in [2.75, 3.05) is 11.5 Å². The fourth-order valence-corrected chi connectivity index (χ4v) is 3.52. The monoisotopic (exact) mass is 313 g/mol. The van der Waals surface area contributed by atoms with Crippen molar-refractivity contribution in [3.8, 4) is 0 Å². The number of carbonyl (C=O) groups is 3. The van der Waals surface area contributed by atoms with E-state index in [0.29, 0.717) is 17.9 Å². The number of ether oxygens (including phenoxy) is 2. The Morgan fingerprint density at radius 3 is 2.17 bits per heavy atom. The summed E-state index contributed by atoms with van der Waals surface area (Å²) in [5.41, 5.74) is 0.863. The van der Waals surface area contributed by atoms with E-state index in [0.717, 1.165) is 0 Å². The van der Waals surface area contributed by atoms with E-state index in [1.54, 1.807) is 31.2 Å². The number of amides is 2. The first-order valence-corrected chi connectivity index (χ1v) is 7.60. The normalized spacial score (nSPS) is 30.9. The summed E-state index contributed by atoms with van der Waals surface area (Å²) in [6.07, 6.45) is 3.10. The second-order valence-corrected chi connectivity index (χ2v) is 5.78. The SMILES string of the molecule is CCOC(=O)c1ccc(N2C(=O)[C@@H]3[C@@H](C2=O)[C@H]2C=C[C@H]3O2)cc1. The molecule has 0 aromatic heterocycles. The van der Waals surface area contributed by atoms with Gasteiger partial charge in [0.15, 0.2) is 0 Å². The Hall–Kier alpha value is -2.47. The third-order valence-electron chi connectivity index (χ3n) is 4.55. The van der Waals surface area contributed by atoms with Crippen LogP contribution in [0.4, 0.5) is 5.69 Å². The predicted molar refractivity (Wildman–Crippen MR) is 79.7 cm³/mol. The van der Waals surface area contributed by atoms with Crippen molar-refractivity contribution >= 4 is 23.5 Å². The van der Waals surface area contributed by atoms with Crippen LogP contribution in [-0.4, -0.2) is 36.6 Å². The average Bonchev–Trinajstić information content (AvgIpc) is 3.22. The molecule has 0 radical (unpaired) electrons. The van der Waals surface area contributed by atoms with E-state index < -0.39 is 17.8 Å². The van der Waals surface area contributed by atoms with Gasteiger partial charge in [-0.05, 0) is 31.2 Å². The fraction of sp³-hybridized carbons (Fsp3) is 0.353. The lowest BCUT2D eigenvalue weighted by Crippen LogP contribution is -2.34. The molecule has 23 heavy (non-hydrogen) atoms. The molecule has 2 amide bonds. The first-order chi connectivity index (χ1) is 11.1. The van der Waals surface area contributed by atoms with E-state index in [-0.39, 0.29) is 24.0 Å². The molecule has 4 atom stereocenters. The minimum Gasteiger partial charge on any atom is -0.462 e. The first-order valence-electron chi connectivity index (χ1n) is 7.60. The molecule has 118 valence electrons. The van der Waals surface area contributed by atoms with Gasteiger partial charge in [-0.25, -0.2) is 9.69 Å². The van der Waals surface area contributed by atoms with Crippen LogP contribution in [-0.2, 0) is 19.1 Å². The molecular weight excluding hydrogens is 298 g/mol. The zero-order valence-corrected chi connectivity index (χ0v) is 12.5. The first kappa shape index (κ1) is 14.1. The third-order valence-corrected chi connectivity index (χ3v) is 4.55. The van der Waals surface area contributed by atoms with Crippen LogP contribution >= 0.6 is 0 Å². The summed E-state index contributed by atoms with van der Waals surface area (Å²) < 4.78 is 10.5. The van der Waals surface area contributed by atoms with Crippen LogP contribution < -0.4 is 4.90 Å². The van der Waals surface area contributed by atoms with Crippen molar-refractivity contribution in [2.24, 2.45) is 11.8 Å². The summed E-state index contributed by atoms with van der Waals surface area (Å²) in [5.74, 6) is -1.75. The Morgan fingerprint density at radius 2 is 1.65 bits per heavy atom. The van der Waals surface area contributed by atoms with Gasteiger partial charge in [0.05, 0.1) is 41.9 Å². The molecule has 0 aliphatic carbocycles. The number of nitrogens with zero attached hydrogens (tertiary/aromatic N) is 1. The molecule has 2 bridgehead atoms. The van der Waals surface area contributed by atoms with Crippen molar-refractivity contribution in [3.05, 3.63) is 42.0 Å². The molecular formula is C17H15NO5. The van der Waals surface area contributed by atoms with Gasteiger partial charge in [-0.1, -0.05) is 12.2 Å². The summed E-state index contributed by atoms with van der Waals surface area (Å²) in [5, 5.41) is 0. The van der Waals surface area contributed by atoms with Gasteiger partial charge < -0.3 is 9.47 Å². The number of esters is 1. The van der Waals surface area contributed by atoms with Gasteiger partial charge in [0.1, 0.15) is 0 Å². The summed E-state index contributed by atoms with van der Waals surface area (Å²) >= 11 is 0. The molecule has 2 saturated heterocycles. The molecule has 0 saturated carbocycles. The molecule has 2 fully saturated rings. The quantitative estimate of drug-likeness (QED) is 0.478. The van der Waals surface area contributed by atoms with Gasteiger partial charge in [0, 0.05) is 0 Å². The fourth-order valence-electron chi connectivity index (χ4n) is 3.52. The third kappa shape index (κ3) is 1.95. The van der Waals surface area contributed by atoms with Crippen LogP contribution in [0.3, 0.4) is 0 Å². The largest absolute Gasteiger partial charge is 0.462 e. The lowest BCUT2D eigenvalue weighted by molar-refractivity contribution is -0.124. The summed E-state index contributed by atoms with van der Waals surface area (Å²) in [7, 11) is 0. The van der Waals surface area contributed by atoms with Crippen molar-refractivity contribution in [3.63, 3.8) is 0 Å². The van der Waals surface area contributed by atoms with E-state index in [2.05, 4.69) is 0 Å². The van der Waals surface area contributed by atoms with Crippen LogP contribution in [0.25, 0.3) is 0 Å². The maximum atomic E-state index is 12.6. The number of benzene rings is 1. The molecule has 0 N–H and O–H groups in total. The molecule has 0 spiro atoms. The highest BCUT2D eigenvalue weighted by molar-refractivity contribution is 6.23. The van der Waals surface area contributed by atoms with Gasteiger partial charge >= 0.3 is 5.97 Å². The molecule has 3 aliphatic heterocycles. The number of rotatable bonds is 3. The van der Waals surface area contributed by atoms with Gasteiger partial charge in [-0.2, -0.15) is 0 Å². The highest BCUT2D eigenvalue weighted by atomic mass is 16.5. The topological polar surface area (TPSA) is 72.9 Å². The predicted octanol–water partition coefficient (Wildman–Crippen LogP) is 1.31. The van der Waals surface area contributed by atoms with E-state index in [4.69, 9.17) is 9.47 Å². The standard InChI is InChI=1S/C17H15NO5/c1-2-22-17(21)9-3-5-10(6-4-9)18-15(19)13-11-7-8-12(23-11)14(13)16(18)20/h3-8,11-14H,2H2,1H3/t11-,12-,13+,14+/m1/s1. The molecule has 1 aromatic carbocycles. The number of fused-ring (bicyclic) bond motifs is 5. The lowest BCUT2D eigenvalue weighted by atomic mass is 9.85. The molecule has 1 aromatic rings. The summed E-state index contributed by atoms with van der Waals surface area (Å²) in [4.78, 5) is 38.1. The van der Waals surface area contributed by atoms with Crippen molar-refractivity contribution < 1.29 is 23.9 Å². The molecule has 0 unspecified atom stereocenters. The second kappa shape index (κ2) is 5.03. The number of imide groups is 1. The number of anilines is 1. The maximum absolute atomic E-state index is 12.6. The molecule has 6 heteroatoms. The van der Waals surface area contributed by atoms with E-state index in [9.17, 15) is 14.4 Å². The van der Waals surface area contributed by atoms with Crippen molar-refractivity contribution in [2.45, 2.75) is 19.1 Å². The number of hydrogen-bond acceptors (Lipinski definition) is 5. The van der Waals surface area contributed by atoms with Gasteiger partial charge in [0.2, 0.25) is 11.8 Å². The van der Waals surface area contributed by atoms with E-state index in [1.807, 2.05) is 12.2 Å². The van der Waals surface area contributed by atoms with Gasteiger partial charge in [-0.3, -0.25) is 9.59 Å². The van der Waals surface area contributed by atoms with E-state index in [1.165, 1.54) is 4.90 Å². The highest BCUT2D eigenvalue weighted by Crippen LogP contribution is 2.46. The Morgan fingerprint density at radius 1 is 1.09 bits per heavy atom. The lowest BCUT2D eigenvalue weighted by Gasteiger charge is -2.17. The van der Waals surface area contributed by atoms with Gasteiger partial charge in [-0.15, -0.1) is 0 Å². The van der Waals surface area contributed by atoms with Crippen molar-refractivity contribution in [1.82, 2.24) is 0 Å². The molecule has 6 nitrogen and oxygen atoms in total. The van der Waals surface area contributed by atoms with Crippen LogP contribution in [0.2, 0.25) is 0 Å². The molecule has 3 aliphatic rings. The Bertz CT molecular complexity index is 693. The van der Waals surface area contributed by atoms with Gasteiger partial charge in [0.25, 0.3) is 0 Å². The number of carbonyl (C=O) groups excluding carboxylic acids is 3. The van der Waals surface area contributed by atoms with E-state index >= 15 is 0 Å². The smallest absolute Gasteiger partial charge is 0.338 e. The number of hydrogen-bond donors (Lipinski definition) is 0. The highest BCUT2D eigenvalue weighted by Gasteiger charge is 2.60. The second-order valence-electron chi connectivity index (χ2n) is 5.78. The molecule has 3 heterocycles. The minimum absolute atomic E-state index is 0.235. The summed E-state index contributed by atoms with van der Waals surface area (Å²) in [6.45, 7) is 2.03. The Kier molecular flexibility index (Phi) is 3.09. The van der Waals surface area contributed by atoms with Crippen LogP contribution in [0.5, 0.6) is 0 Å². The Labute approximate surface area is 132 Å². The van der Waals surface area contributed by atoms with Crippen LogP contribution in [0, 0.1) is 11.8 Å². The van der Waals surface area contributed by atoms with Crippen molar-refractivity contribution in [1.29, 1.82) is 0 Å². The van der Waals surface area contributed by atoms with Crippen LogP contribution in [0.1, 0.15) is 17.3 Å². The Balaban J connectivity index is 1.61. The minimum atomic E-state index is -0.428. The zero-order valence-electron chi connectivity index (χ0n) is 12.5. The van der Waals surface area contributed by atoms with Crippen LogP contribution in [0.15, 0.2) is 36.4 Å². The maximum Gasteiger partial charge on any atom is 0.338 e. The molecule has 4 rings (SSSR count). The summed E-state index contributed by atoms with van der Waals surface area (Å²) in [6, 6.07) is 6.31. The zero-order chi connectivity index (χ0) is 16.1. The average molecular weight is 313 g/mol.